The van der Waals surface area contributed by atoms with Crippen LogP contribution in [0.15, 0.2) is 60.8 Å². The lowest BCUT2D eigenvalue weighted by molar-refractivity contribution is -0.130. The molecule has 0 spiro atoms. The van der Waals surface area contributed by atoms with Gasteiger partial charge in [-0.3, -0.25) is 9.78 Å². The van der Waals surface area contributed by atoms with Crippen LogP contribution in [0.25, 0.3) is 10.9 Å². The van der Waals surface area contributed by atoms with E-state index < -0.39 is 5.41 Å². The van der Waals surface area contributed by atoms with Gasteiger partial charge < -0.3 is 10.1 Å². The van der Waals surface area contributed by atoms with Gasteiger partial charge in [-0.25, -0.2) is 0 Å². The third kappa shape index (κ3) is 3.62. The first-order valence-electron chi connectivity index (χ1n) is 9.64. The van der Waals surface area contributed by atoms with Gasteiger partial charge in [0.05, 0.1) is 10.9 Å². The molecule has 1 aromatic heterocycles. The molecule has 4 rings (SSSR count). The number of ether oxygens (including phenoxy) is 1. The SMILES string of the molecule is O=C(NCCc1cccc2cccnc12)C1(c2ccccc2Cl)CCOCC1. The van der Waals surface area contributed by atoms with E-state index in [9.17, 15) is 4.79 Å². The molecule has 2 aromatic carbocycles. The number of para-hydroxylation sites is 1. The summed E-state index contributed by atoms with van der Waals surface area (Å²) in [4.78, 5) is 17.8. The molecular weight excluding hydrogens is 372 g/mol. The number of aromatic nitrogens is 1. The zero-order valence-electron chi connectivity index (χ0n) is 15.7. The maximum absolute atomic E-state index is 13.3. The summed E-state index contributed by atoms with van der Waals surface area (Å²) in [5.74, 6) is 0.0251. The van der Waals surface area contributed by atoms with Crippen LogP contribution in [0.1, 0.15) is 24.0 Å². The Morgan fingerprint density at radius 1 is 1.07 bits per heavy atom. The minimum absolute atomic E-state index is 0.0251. The molecule has 2 heterocycles. The highest BCUT2D eigenvalue weighted by molar-refractivity contribution is 6.31. The smallest absolute Gasteiger partial charge is 0.230 e. The fraction of sp³-hybridized carbons (Fsp3) is 0.304. The summed E-state index contributed by atoms with van der Waals surface area (Å²) in [6, 6.07) is 17.8. The molecule has 1 aliphatic rings. The fourth-order valence-electron chi connectivity index (χ4n) is 4.04. The molecule has 1 fully saturated rings. The molecule has 0 aliphatic carbocycles. The largest absolute Gasteiger partial charge is 0.381 e. The number of carbonyl (C=O) groups is 1. The van der Waals surface area contributed by atoms with Gasteiger partial charge >= 0.3 is 0 Å². The molecule has 0 bridgehead atoms. The Bertz CT molecular complexity index is 978. The average Bonchev–Trinajstić information content (AvgIpc) is 2.74. The predicted octanol–water partition coefficient (Wildman–Crippen LogP) is 4.30. The van der Waals surface area contributed by atoms with Crippen molar-refractivity contribution in [2.75, 3.05) is 19.8 Å². The molecule has 0 unspecified atom stereocenters. The Hall–Kier alpha value is -2.43. The number of halogens is 1. The average molecular weight is 395 g/mol. The van der Waals surface area contributed by atoms with Gasteiger partial charge in [0.15, 0.2) is 0 Å². The number of carbonyl (C=O) groups excluding carboxylic acids is 1. The molecule has 4 nitrogen and oxygen atoms in total. The van der Waals surface area contributed by atoms with Crippen LogP contribution in [0.2, 0.25) is 5.02 Å². The molecular formula is C23H23ClN2O2. The van der Waals surface area contributed by atoms with Crippen LogP contribution in [0, 0.1) is 0 Å². The van der Waals surface area contributed by atoms with Crippen LogP contribution in [0.3, 0.4) is 0 Å². The van der Waals surface area contributed by atoms with Gasteiger partial charge in [-0.2, -0.15) is 0 Å². The first kappa shape index (κ1) is 18.9. The van der Waals surface area contributed by atoms with Crippen LogP contribution in [0.5, 0.6) is 0 Å². The molecule has 1 amide bonds. The highest BCUT2D eigenvalue weighted by Crippen LogP contribution is 2.38. The molecule has 1 aliphatic heterocycles. The van der Waals surface area contributed by atoms with E-state index in [0.717, 1.165) is 28.5 Å². The summed E-state index contributed by atoms with van der Waals surface area (Å²) in [5.41, 5.74) is 2.39. The molecule has 0 atom stereocenters. The first-order valence-corrected chi connectivity index (χ1v) is 10.0. The minimum atomic E-state index is -0.631. The minimum Gasteiger partial charge on any atom is -0.381 e. The van der Waals surface area contributed by atoms with Gasteiger partial charge in [0.2, 0.25) is 5.91 Å². The summed E-state index contributed by atoms with van der Waals surface area (Å²) in [6.45, 7) is 1.68. The Labute approximate surface area is 169 Å². The summed E-state index contributed by atoms with van der Waals surface area (Å²) in [5, 5.41) is 4.90. The number of hydrogen-bond donors (Lipinski definition) is 1. The lowest BCUT2D eigenvalue weighted by Gasteiger charge is -2.36. The van der Waals surface area contributed by atoms with Crippen molar-refractivity contribution in [1.82, 2.24) is 10.3 Å². The zero-order valence-corrected chi connectivity index (χ0v) is 16.4. The van der Waals surface area contributed by atoms with Crippen molar-refractivity contribution < 1.29 is 9.53 Å². The van der Waals surface area contributed by atoms with Crippen molar-refractivity contribution in [1.29, 1.82) is 0 Å². The van der Waals surface area contributed by atoms with Crippen molar-refractivity contribution >= 4 is 28.4 Å². The van der Waals surface area contributed by atoms with Gasteiger partial charge in [0.1, 0.15) is 0 Å². The van der Waals surface area contributed by atoms with Gasteiger partial charge in [0.25, 0.3) is 0 Å². The van der Waals surface area contributed by atoms with Crippen molar-refractivity contribution in [3.63, 3.8) is 0 Å². The van der Waals surface area contributed by atoms with Crippen LogP contribution >= 0.6 is 11.6 Å². The standard InChI is InChI=1S/C23H23ClN2O2/c24-20-9-2-1-8-19(20)23(11-15-28-16-12-23)22(27)26-14-10-18-6-3-5-17-7-4-13-25-21(17)18/h1-9,13H,10-12,14-16H2,(H,26,27). The number of amides is 1. The van der Waals surface area contributed by atoms with Gasteiger partial charge in [-0.05, 0) is 42.5 Å². The van der Waals surface area contributed by atoms with Crippen molar-refractivity contribution in [2.24, 2.45) is 0 Å². The van der Waals surface area contributed by atoms with E-state index in [-0.39, 0.29) is 5.91 Å². The van der Waals surface area contributed by atoms with E-state index >= 15 is 0 Å². The molecule has 144 valence electrons. The predicted molar refractivity (Wildman–Crippen MR) is 112 cm³/mol. The third-order valence-electron chi connectivity index (χ3n) is 5.57. The number of rotatable bonds is 5. The monoisotopic (exact) mass is 394 g/mol. The van der Waals surface area contributed by atoms with Crippen molar-refractivity contribution in [2.45, 2.75) is 24.7 Å². The number of nitrogens with zero attached hydrogens (tertiary/aromatic N) is 1. The van der Waals surface area contributed by atoms with E-state index in [0.29, 0.717) is 37.6 Å². The van der Waals surface area contributed by atoms with Gasteiger partial charge in [0, 0.05) is 36.4 Å². The number of pyridine rings is 1. The van der Waals surface area contributed by atoms with E-state index in [1.165, 1.54) is 0 Å². The van der Waals surface area contributed by atoms with Crippen molar-refractivity contribution in [3.8, 4) is 0 Å². The summed E-state index contributed by atoms with van der Waals surface area (Å²) in [7, 11) is 0. The van der Waals surface area contributed by atoms with E-state index in [2.05, 4.69) is 28.5 Å². The Morgan fingerprint density at radius 3 is 2.68 bits per heavy atom. The first-order chi connectivity index (χ1) is 13.7. The summed E-state index contributed by atoms with van der Waals surface area (Å²) >= 11 is 6.46. The Morgan fingerprint density at radius 2 is 1.86 bits per heavy atom. The highest BCUT2D eigenvalue weighted by Gasteiger charge is 2.42. The van der Waals surface area contributed by atoms with E-state index in [1.807, 2.05) is 36.4 Å². The number of benzene rings is 2. The Balaban J connectivity index is 1.52. The lowest BCUT2D eigenvalue weighted by Crippen LogP contribution is -2.48. The molecule has 28 heavy (non-hydrogen) atoms. The molecule has 3 aromatic rings. The quantitative estimate of drug-likeness (QED) is 0.702. The molecule has 1 saturated heterocycles. The van der Waals surface area contributed by atoms with Gasteiger partial charge in [-0.1, -0.05) is 54.1 Å². The number of nitrogens with one attached hydrogen (secondary N) is 1. The highest BCUT2D eigenvalue weighted by atomic mass is 35.5. The maximum Gasteiger partial charge on any atom is 0.230 e. The molecule has 5 heteroatoms. The summed E-state index contributed by atoms with van der Waals surface area (Å²) in [6.07, 6.45) is 3.81. The van der Waals surface area contributed by atoms with Crippen molar-refractivity contribution in [3.05, 3.63) is 76.9 Å². The van der Waals surface area contributed by atoms with Crippen LogP contribution in [-0.4, -0.2) is 30.6 Å². The normalized spacial score (nSPS) is 16.0. The molecule has 1 N–H and O–H groups in total. The Kier molecular flexibility index (Phi) is 5.60. The number of fused-ring (bicyclic) bond motifs is 1. The second kappa shape index (κ2) is 8.29. The van der Waals surface area contributed by atoms with E-state index in [4.69, 9.17) is 16.3 Å². The lowest BCUT2D eigenvalue weighted by atomic mass is 9.73. The van der Waals surface area contributed by atoms with Crippen LogP contribution < -0.4 is 5.32 Å². The molecule has 0 radical (unpaired) electrons. The third-order valence-corrected chi connectivity index (χ3v) is 5.90. The summed E-state index contributed by atoms with van der Waals surface area (Å²) < 4.78 is 5.53. The molecule has 0 saturated carbocycles. The second-order valence-electron chi connectivity index (χ2n) is 7.17. The topological polar surface area (TPSA) is 51.2 Å². The second-order valence-corrected chi connectivity index (χ2v) is 7.58. The van der Waals surface area contributed by atoms with Crippen LogP contribution in [0.4, 0.5) is 0 Å². The van der Waals surface area contributed by atoms with E-state index in [1.54, 1.807) is 6.20 Å². The fourth-order valence-corrected chi connectivity index (χ4v) is 4.35. The number of hydrogen-bond acceptors (Lipinski definition) is 3. The van der Waals surface area contributed by atoms with Gasteiger partial charge in [-0.15, -0.1) is 0 Å². The maximum atomic E-state index is 13.3. The van der Waals surface area contributed by atoms with Crippen LogP contribution in [-0.2, 0) is 21.4 Å². The zero-order chi connectivity index (χ0) is 19.4.